The van der Waals surface area contributed by atoms with E-state index in [0.717, 1.165) is 65.0 Å². The molecule has 0 aromatic heterocycles. The zero-order valence-corrected chi connectivity index (χ0v) is 14.3. The van der Waals surface area contributed by atoms with Gasteiger partial charge in [0.2, 0.25) is 5.91 Å². The highest BCUT2D eigenvalue weighted by Crippen LogP contribution is 2.35. The molecule has 2 rings (SSSR count). The van der Waals surface area contributed by atoms with Crippen LogP contribution < -0.4 is 5.32 Å². The zero-order chi connectivity index (χ0) is 16.0. The number of aliphatic hydroxyl groups is 1. The van der Waals surface area contributed by atoms with E-state index in [9.17, 15) is 9.90 Å². The first-order valence-electron chi connectivity index (χ1n) is 8.93. The van der Waals surface area contributed by atoms with Crippen LogP contribution in [0.15, 0.2) is 0 Å². The minimum absolute atomic E-state index is 0.122. The van der Waals surface area contributed by atoms with E-state index in [2.05, 4.69) is 29.0 Å². The lowest BCUT2D eigenvalue weighted by atomic mass is 9.73. The molecule has 2 N–H and O–H groups in total. The van der Waals surface area contributed by atoms with Crippen LogP contribution in [0.25, 0.3) is 0 Å². The zero-order valence-electron chi connectivity index (χ0n) is 14.3. The molecule has 1 saturated carbocycles. The van der Waals surface area contributed by atoms with Crippen LogP contribution in [0, 0.1) is 5.41 Å². The van der Waals surface area contributed by atoms with Gasteiger partial charge in [0.15, 0.2) is 0 Å². The van der Waals surface area contributed by atoms with E-state index in [1.54, 1.807) is 0 Å². The van der Waals surface area contributed by atoms with Crippen LogP contribution in [-0.4, -0.2) is 72.7 Å². The van der Waals surface area contributed by atoms with Gasteiger partial charge in [-0.25, -0.2) is 0 Å². The topological polar surface area (TPSA) is 55.8 Å². The molecule has 0 bridgehead atoms. The molecule has 2 unspecified atom stereocenters. The quantitative estimate of drug-likeness (QED) is 0.770. The van der Waals surface area contributed by atoms with Crippen LogP contribution >= 0.6 is 0 Å². The molecule has 1 saturated heterocycles. The molecule has 0 aromatic carbocycles. The number of nitrogens with zero attached hydrogens (tertiary/aromatic N) is 2. The molecule has 128 valence electrons. The van der Waals surface area contributed by atoms with Crippen molar-refractivity contribution in [2.75, 3.05) is 45.8 Å². The number of nitrogens with one attached hydrogen (secondary N) is 1. The highest BCUT2D eigenvalue weighted by Gasteiger charge is 2.35. The van der Waals surface area contributed by atoms with E-state index in [0.29, 0.717) is 13.0 Å². The van der Waals surface area contributed by atoms with Gasteiger partial charge in [0.1, 0.15) is 0 Å². The Bertz CT molecular complexity index is 356. The molecular weight excluding hydrogens is 278 g/mol. The van der Waals surface area contributed by atoms with Gasteiger partial charge in [-0.15, -0.1) is 0 Å². The monoisotopic (exact) mass is 311 g/mol. The molecule has 0 aromatic rings. The molecule has 1 heterocycles. The third kappa shape index (κ3) is 4.93. The molecular formula is C17H33N3O2. The van der Waals surface area contributed by atoms with E-state index in [1.165, 1.54) is 0 Å². The van der Waals surface area contributed by atoms with Crippen molar-refractivity contribution in [1.82, 2.24) is 15.1 Å². The molecule has 22 heavy (non-hydrogen) atoms. The summed E-state index contributed by atoms with van der Waals surface area (Å²) >= 11 is 0. The summed E-state index contributed by atoms with van der Waals surface area (Å²) in [5.41, 5.74) is -0.138. The van der Waals surface area contributed by atoms with Crippen LogP contribution in [0.2, 0.25) is 0 Å². The maximum absolute atomic E-state index is 12.1. The molecule has 5 heteroatoms. The lowest BCUT2D eigenvalue weighted by Crippen LogP contribution is -2.48. The van der Waals surface area contributed by atoms with Crippen LogP contribution in [0.5, 0.6) is 0 Å². The summed E-state index contributed by atoms with van der Waals surface area (Å²) in [6.45, 7) is 11.2. The number of rotatable bonds is 6. The molecule has 1 aliphatic carbocycles. The van der Waals surface area contributed by atoms with Crippen molar-refractivity contribution in [2.45, 2.75) is 52.1 Å². The lowest BCUT2D eigenvalue weighted by Gasteiger charge is -2.38. The van der Waals surface area contributed by atoms with Crippen LogP contribution in [0.1, 0.15) is 46.0 Å². The van der Waals surface area contributed by atoms with Gasteiger partial charge < -0.3 is 20.2 Å². The van der Waals surface area contributed by atoms with Gasteiger partial charge in [-0.2, -0.15) is 0 Å². The Labute approximate surface area is 135 Å². The van der Waals surface area contributed by atoms with Gasteiger partial charge in [-0.05, 0) is 19.4 Å². The number of amides is 1. The lowest BCUT2D eigenvalue weighted by molar-refractivity contribution is -0.122. The molecule has 2 fully saturated rings. The summed E-state index contributed by atoms with van der Waals surface area (Å²) < 4.78 is 0. The van der Waals surface area contributed by atoms with E-state index in [-0.39, 0.29) is 17.4 Å². The number of piperazine rings is 1. The van der Waals surface area contributed by atoms with Gasteiger partial charge in [-0.3, -0.25) is 4.79 Å². The fraction of sp³-hybridized carbons (Fsp3) is 0.941. The SMILES string of the molecule is CCN1CCN(CCC(=O)NCC2(C)CCCCC2O)CC1. The first-order valence-corrected chi connectivity index (χ1v) is 8.93. The normalized spacial score (nSPS) is 31.1. The average molecular weight is 311 g/mol. The summed E-state index contributed by atoms with van der Waals surface area (Å²) in [4.78, 5) is 16.9. The molecule has 0 spiro atoms. The Kier molecular flexibility index (Phi) is 6.66. The standard InChI is InChI=1S/C17H33N3O2/c1-3-19-10-12-20(13-11-19)9-7-16(22)18-14-17(2)8-5-4-6-15(17)21/h15,21H,3-14H2,1-2H3,(H,18,22). The van der Waals surface area contributed by atoms with Crippen molar-refractivity contribution >= 4 is 5.91 Å². The predicted molar refractivity (Wildman–Crippen MR) is 88.8 cm³/mol. The molecule has 1 amide bonds. The minimum Gasteiger partial charge on any atom is -0.392 e. The Hall–Kier alpha value is -0.650. The Balaban J connectivity index is 1.64. The molecule has 5 nitrogen and oxygen atoms in total. The third-order valence-corrected chi connectivity index (χ3v) is 5.54. The van der Waals surface area contributed by atoms with Crippen LogP contribution in [-0.2, 0) is 4.79 Å². The van der Waals surface area contributed by atoms with Gasteiger partial charge in [0.25, 0.3) is 0 Å². The van der Waals surface area contributed by atoms with Crippen molar-refractivity contribution in [3.63, 3.8) is 0 Å². The fourth-order valence-corrected chi connectivity index (χ4v) is 3.57. The maximum Gasteiger partial charge on any atom is 0.221 e. The number of hydrogen-bond acceptors (Lipinski definition) is 4. The second-order valence-electron chi connectivity index (χ2n) is 7.22. The fourth-order valence-electron chi connectivity index (χ4n) is 3.57. The van der Waals surface area contributed by atoms with Gasteiger partial charge in [-0.1, -0.05) is 26.7 Å². The number of likely N-dealkylation sites (N-methyl/N-ethyl adjacent to an activating group) is 1. The highest BCUT2D eigenvalue weighted by molar-refractivity contribution is 5.76. The van der Waals surface area contributed by atoms with E-state index in [4.69, 9.17) is 0 Å². The third-order valence-electron chi connectivity index (χ3n) is 5.54. The molecule has 1 aliphatic heterocycles. The number of carbonyl (C=O) groups excluding carboxylic acids is 1. The summed E-state index contributed by atoms with van der Waals surface area (Å²) in [6, 6.07) is 0. The molecule has 2 aliphatic rings. The second-order valence-corrected chi connectivity index (χ2v) is 7.22. The summed E-state index contributed by atoms with van der Waals surface area (Å²) in [5.74, 6) is 0.122. The average Bonchev–Trinajstić information content (AvgIpc) is 2.54. The van der Waals surface area contributed by atoms with Crippen LogP contribution in [0.4, 0.5) is 0 Å². The maximum atomic E-state index is 12.1. The first kappa shape index (κ1) is 17.7. The van der Waals surface area contributed by atoms with Crippen LogP contribution in [0.3, 0.4) is 0 Å². The van der Waals surface area contributed by atoms with Crippen molar-refractivity contribution in [3.05, 3.63) is 0 Å². The Morgan fingerprint density at radius 1 is 1.23 bits per heavy atom. The van der Waals surface area contributed by atoms with Gasteiger partial charge >= 0.3 is 0 Å². The van der Waals surface area contributed by atoms with Crippen molar-refractivity contribution in [2.24, 2.45) is 5.41 Å². The summed E-state index contributed by atoms with van der Waals surface area (Å²) in [6.07, 6.45) is 4.43. The number of aliphatic hydroxyl groups excluding tert-OH is 1. The second kappa shape index (κ2) is 8.27. The van der Waals surface area contributed by atoms with E-state index >= 15 is 0 Å². The predicted octanol–water partition coefficient (Wildman–Crippen LogP) is 1.07. The Morgan fingerprint density at radius 2 is 1.91 bits per heavy atom. The molecule has 0 radical (unpaired) electrons. The highest BCUT2D eigenvalue weighted by atomic mass is 16.3. The number of hydrogen-bond donors (Lipinski definition) is 2. The van der Waals surface area contributed by atoms with E-state index < -0.39 is 0 Å². The smallest absolute Gasteiger partial charge is 0.221 e. The summed E-state index contributed by atoms with van der Waals surface area (Å²) in [5, 5.41) is 13.2. The van der Waals surface area contributed by atoms with Crippen molar-refractivity contribution in [1.29, 1.82) is 0 Å². The molecule has 2 atom stereocenters. The summed E-state index contributed by atoms with van der Waals surface area (Å²) in [7, 11) is 0. The van der Waals surface area contributed by atoms with Gasteiger partial charge in [0, 0.05) is 51.1 Å². The van der Waals surface area contributed by atoms with Crippen molar-refractivity contribution < 1.29 is 9.90 Å². The van der Waals surface area contributed by atoms with E-state index in [1.807, 2.05) is 0 Å². The largest absolute Gasteiger partial charge is 0.392 e. The number of carbonyl (C=O) groups is 1. The van der Waals surface area contributed by atoms with Gasteiger partial charge in [0.05, 0.1) is 6.10 Å². The Morgan fingerprint density at radius 3 is 2.55 bits per heavy atom. The van der Waals surface area contributed by atoms with Crippen molar-refractivity contribution in [3.8, 4) is 0 Å². The minimum atomic E-state index is -0.274. The first-order chi connectivity index (χ1) is 10.5.